The summed E-state index contributed by atoms with van der Waals surface area (Å²) in [4.78, 5) is 46.1. The van der Waals surface area contributed by atoms with Gasteiger partial charge in [-0.2, -0.15) is 0 Å². The molecule has 1 unspecified atom stereocenters. The summed E-state index contributed by atoms with van der Waals surface area (Å²) >= 11 is 0. The third kappa shape index (κ3) is 3.57. The molecule has 0 radical (unpaired) electrons. The average Bonchev–Trinajstić information content (AvgIpc) is 3.36. The molecule has 2 aliphatic heterocycles. The van der Waals surface area contributed by atoms with E-state index in [1.807, 2.05) is 6.92 Å². The van der Waals surface area contributed by atoms with Crippen LogP contribution < -0.4 is 10.3 Å². The second-order valence-corrected chi connectivity index (χ2v) is 10.4. The van der Waals surface area contributed by atoms with Gasteiger partial charge in [0.1, 0.15) is 17.2 Å². The number of hydrogen-bond acceptors (Lipinski definition) is 4. The van der Waals surface area contributed by atoms with Gasteiger partial charge in [0.2, 0.25) is 5.76 Å². The van der Waals surface area contributed by atoms with Gasteiger partial charge >= 0.3 is 0 Å². The van der Waals surface area contributed by atoms with Gasteiger partial charge in [-0.25, -0.2) is 8.78 Å². The van der Waals surface area contributed by atoms with Crippen LogP contribution in [0, 0.1) is 18.6 Å². The van der Waals surface area contributed by atoms with Crippen LogP contribution >= 0.6 is 0 Å². The van der Waals surface area contributed by atoms with E-state index in [4.69, 9.17) is 4.42 Å². The fourth-order valence-corrected chi connectivity index (χ4v) is 6.03. The van der Waals surface area contributed by atoms with E-state index in [1.165, 1.54) is 46.2 Å². The third-order valence-corrected chi connectivity index (χ3v) is 7.90. The van der Waals surface area contributed by atoms with Gasteiger partial charge in [-0.3, -0.25) is 14.4 Å². The summed E-state index contributed by atoms with van der Waals surface area (Å²) in [5, 5.41) is 0.266. The van der Waals surface area contributed by atoms with Gasteiger partial charge < -0.3 is 14.2 Å². The summed E-state index contributed by atoms with van der Waals surface area (Å²) in [5.41, 5.74) is 0.959. The van der Waals surface area contributed by atoms with Gasteiger partial charge in [-0.15, -0.1) is 0 Å². The largest absolute Gasteiger partial charge is 0.450 e. The monoisotopic (exact) mass is 548 g/mol. The normalized spacial score (nSPS) is 17.5. The summed E-state index contributed by atoms with van der Waals surface area (Å²) in [6.45, 7) is 1.85. The molecule has 41 heavy (non-hydrogen) atoms. The van der Waals surface area contributed by atoms with E-state index in [-0.39, 0.29) is 35.4 Å². The van der Waals surface area contributed by atoms with Crippen LogP contribution in [0.15, 0.2) is 100 Å². The van der Waals surface area contributed by atoms with Crippen molar-refractivity contribution in [3.63, 3.8) is 0 Å². The van der Waals surface area contributed by atoms with Crippen LogP contribution in [0.3, 0.4) is 0 Å². The number of halogens is 2. The van der Waals surface area contributed by atoms with Crippen molar-refractivity contribution in [1.82, 2.24) is 4.90 Å². The zero-order valence-corrected chi connectivity index (χ0v) is 21.9. The van der Waals surface area contributed by atoms with E-state index in [2.05, 4.69) is 0 Å². The molecule has 0 fully saturated rings. The Morgan fingerprint density at radius 3 is 2.10 bits per heavy atom. The molecule has 8 heteroatoms. The lowest BCUT2D eigenvalue weighted by Crippen LogP contribution is -2.52. The predicted molar refractivity (Wildman–Crippen MR) is 148 cm³/mol. The van der Waals surface area contributed by atoms with Crippen molar-refractivity contribution in [2.75, 3.05) is 4.90 Å². The quantitative estimate of drug-likeness (QED) is 0.284. The number of nitrogens with zero attached hydrogens (tertiary/aromatic N) is 2. The molecule has 1 aromatic heterocycles. The summed E-state index contributed by atoms with van der Waals surface area (Å²) in [6.07, 6.45) is 0. The molecule has 0 aliphatic carbocycles. The van der Waals surface area contributed by atoms with Crippen LogP contribution in [0.2, 0.25) is 0 Å². The van der Waals surface area contributed by atoms with Crippen LogP contribution in [-0.4, -0.2) is 16.7 Å². The van der Waals surface area contributed by atoms with Crippen molar-refractivity contribution in [1.29, 1.82) is 0 Å². The van der Waals surface area contributed by atoms with Gasteiger partial charge in [0.15, 0.2) is 11.0 Å². The van der Waals surface area contributed by atoms with Crippen LogP contribution in [0.5, 0.6) is 0 Å². The highest BCUT2D eigenvalue weighted by atomic mass is 19.1. The average molecular weight is 549 g/mol. The first kappa shape index (κ1) is 24.9. The molecular weight excluding hydrogens is 526 g/mol. The van der Waals surface area contributed by atoms with Crippen LogP contribution in [0.4, 0.5) is 14.5 Å². The van der Waals surface area contributed by atoms with E-state index < -0.39 is 34.4 Å². The smallest absolute Gasteiger partial charge is 0.291 e. The third-order valence-electron chi connectivity index (χ3n) is 7.90. The number of amides is 2. The van der Waals surface area contributed by atoms with Crippen molar-refractivity contribution < 1.29 is 22.8 Å². The first-order chi connectivity index (χ1) is 19.8. The lowest BCUT2D eigenvalue weighted by molar-refractivity contribution is -0.126. The van der Waals surface area contributed by atoms with Crippen LogP contribution in [-0.2, 0) is 23.4 Å². The van der Waals surface area contributed by atoms with E-state index >= 15 is 0 Å². The van der Waals surface area contributed by atoms with Crippen molar-refractivity contribution in [3.05, 3.63) is 146 Å². The predicted octanol–water partition coefficient (Wildman–Crippen LogP) is 5.83. The Kier molecular flexibility index (Phi) is 5.44. The minimum absolute atomic E-state index is 0.0400. The zero-order chi connectivity index (χ0) is 28.5. The molecule has 4 aromatic carbocycles. The summed E-state index contributed by atoms with van der Waals surface area (Å²) in [5.74, 6) is -2.16. The number of hydrogen-bond donors (Lipinski definition) is 0. The van der Waals surface area contributed by atoms with E-state index in [1.54, 1.807) is 54.6 Å². The van der Waals surface area contributed by atoms with E-state index in [9.17, 15) is 23.2 Å². The highest BCUT2D eigenvalue weighted by molar-refractivity contribution is 6.17. The number of carbonyl (C=O) groups excluding carboxylic acids is 2. The van der Waals surface area contributed by atoms with Gasteiger partial charge in [0.25, 0.3) is 11.8 Å². The number of para-hydroxylation sites is 1. The molecule has 5 aromatic rings. The molecule has 0 saturated heterocycles. The van der Waals surface area contributed by atoms with Gasteiger partial charge in [-0.1, -0.05) is 54.1 Å². The summed E-state index contributed by atoms with van der Waals surface area (Å²) in [7, 11) is 0. The minimum Gasteiger partial charge on any atom is -0.450 e. The Morgan fingerprint density at radius 1 is 0.780 bits per heavy atom. The minimum atomic E-state index is -1.82. The van der Waals surface area contributed by atoms with Crippen molar-refractivity contribution in [3.8, 4) is 0 Å². The standard InChI is InChI=1S/C33H22F2N2O4/c1-19-6-15-27-24(16-19)29(38)28-30(41-27)31(39)37(18-21-9-13-23(35)14-10-21)33(28)25-4-2-3-5-26(25)36(32(33)40)17-20-7-11-22(34)12-8-20/h2-16H,17-18H2,1H3. The number of fused-ring (bicyclic) bond motifs is 5. The molecule has 7 rings (SSSR count). The second-order valence-electron chi connectivity index (χ2n) is 10.4. The molecule has 0 N–H and O–H groups in total. The Bertz CT molecular complexity index is 1950. The topological polar surface area (TPSA) is 70.8 Å². The van der Waals surface area contributed by atoms with Crippen molar-refractivity contribution in [2.45, 2.75) is 25.6 Å². The van der Waals surface area contributed by atoms with Gasteiger partial charge in [0, 0.05) is 12.1 Å². The van der Waals surface area contributed by atoms with Crippen molar-refractivity contribution in [2.24, 2.45) is 0 Å². The Balaban J connectivity index is 1.50. The first-order valence-corrected chi connectivity index (χ1v) is 13.1. The summed E-state index contributed by atoms with van der Waals surface area (Å²) in [6, 6.07) is 23.6. The maximum Gasteiger partial charge on any atom is 0.291 e. The molecule has 1 atom stereocenters. The molecule has 2 aliphatic rings. The highest BCUT2D eigenvalue weighted by Crippen LogP contribution is 2.53. The number of rotatable bonds is 4. The number of carbonyl (C=O) groups is 2. The highest BCUT2D eigenvalue weighted by Gasteiger charge is 2.65. The number of aryl methyl sites for hydroxylation is 1. The van der Waals surface area contributed by atoms with E-state index in [0.717, 1.165) is 5.56 Å². The van der Waals surface area contributed by atoms with Crippen LogP contribution in [0.25, 0.3) is 11.0 Å². The number of benzene rings is 4. The van der Waals surface area contributed by atoms with E-state index in [0.29, 0.717) is 22.4 Å². The molecule has 3 heterocycles. The molecule has 2 amide bonds. The number of anilines is 1. The SMILES string of the molecule is Cc1ccc2oc3c(c(=O)c2c1)C1(C(=O)N(Cc2ccc(F)cc2)c2ccccc21)N(Cc1ccc(F)cc1)C3=O. The van der Waals surface area contributed by atoms with Gasteiger partial charge in [-0.05, 0) is 60.5 Å². The molecule has 0 saturated carbocycles. The summed E-state index contributed by atoms with van der Waals surface area (Å²) < 4.78 is 33.5. The molecule has 0 bridgehead atoms. The maximum atomic E-state index is 14.8. The molecule has 202 valence electrons. The van der Waals surface area contributed by atoms with Gasteiger partial charge in [0.05, 0.1) is 23.2 Å². The zero-order valence-electron chi connectivity index (χ0n) is 21.9. The first-order valence-electron chi connectivity index (χ1n) is 13.1. The Labute approximate surface area is 233 Å². The van der Waals surface area contributed by atoms with Crippen LogP contribution in [0.1, 0.15) is 38.4 Å². The Morgan fingerprint density at radius 2 is 1.41 bits per heavy atom. The lowest BCUT2D eigenvalue weighted by Gasteiger charge is -2.34. The second kappa shape index (κ2) is 8.96. The fraction of sp³-hybridized carbons (Fsp3) is 0.121. The Hall–Kier alpha value is -5.11. The maximum absolute atomic E-state index is 14.8. The molecular formula is C33H22F2N2O4. The molecule has 6 nitrogen and oxygen atoms in total. The molecule has 1 spiro atoms. The fourth-order valence-electron chi connectivity index (χ4n) is 6.03. The van der Waals surface area contributed by atoms with Crippen molar-refractivity contribution >= 4 is 28.5 Å². The lowest BCUT2D eigenvalue weighted by atomic mass is 9.83.